The van der Waals surface area contributed by atoms with Gasteiger partial charge in [0.05, 0.1) is 0 Å². The Balaban J connectivity index is 2.23. The molecule has 5 heteroatoms. The summed E-state index contributed by atoms with van der Waals surface area (Å²) < 4.78 is 1.02. The Morgan fingerprint density at radius 2 is 2.26 bits per heavy atom. The van der Waals surface area contributed by atoms with Crippen molar-refractivity contribution in [3.8, 4) is 10.6 Å². The Labute approximate surface area is 131 Å². The molecule has 19 heavy (non-hydrogen) atoms. The molecule has 2 nitrogen and oxygen atoms in total. The van der Waals surface area contributed by atoms with E-state index in [4.69, 9.17) is 11.6 Å². The maximum Gasteiger partial charge on any atom is 0.124 e. The van der Waals surface area contributed by atoms with E-state index in [9.17, 15) is 0 Å². The number of aromatic nitrogens is 1. The van der Waals surface area contributed by atoms with Gasteiger partial charge in [-0.25, -0.2) is 4.98 Å². The lowest BCUT2D eigenvalue weighted by molar-refractivity contribution is 0.577. The fourth-order valence-electron chi connectivity index (χ4n) is 1.73. The van der Waals surface area contributed by atoms with E-state index >= 15 is 0 Å². The third-order valence-electron chi connectivity index (χ3n) is 2.81. The van der Waals surface area contributed by atoms with Crippen LogP contribution in [-0.4, -0.2) is 11.5 Å². The highest BCUT2D eigenvalue weighted by molar-refractivity contribution is 9.10. The van der Waals surface area contributed by atoms with Crippen molar-refractivity contribution in [3.05, 3.63) is 38.8 Å². The number of rotatable bonds is 5. The van der Waals surface area contributed by atoms with Crippen LogP contribution >= 0.6 is 38.9 Å². The molecule has 0 spiro atoms. The Morgan fingerprint density at radius 1 is 1.47 bits per heavy atom. The molecule has 0 radical (unpaired) electrons. The van der Waals surface area contributed by atoms with E-state index in [1.807, 2.05) is 24.4 Å². The Bertz CT molecular complexity index is 556. The Morgan fingerprint density at radius 3 is 3.00 bits per heavy atom. The summed E-state index contributed by atoms with van der Waals surface area (Å²) in [6.07, 6.45) is 3.08. The summed E-state index contributed by atoms with van der Waals surface area (Å²) in [6, 6.07) is 6.11. The molecule has 0 saturated carbocycles. The Hall–Kier alpha value is -0.420. The van der Waals surface area contributed by atoms with Crippen molar-refractivity contribution in [2.45, 2.75) is 26.3 Å². The summed E-state index contributed by atoms with van der Waals surface area (Å²) in [5.74, 6) is 0. The van der Waals surface area contributed by atoms with Crippen molar-refractivity contribution in [3.63, 3.8) is 0 Å². The van der Waals surface area contributed by atoms with Gasteiger partial charge in [-0.05, 0) is 38.1 Å². The van der Waals surface area contributed by atoms with E-state index in [-0.39, 0.29) is 0 Å². The van der Waals surface area contributed by atoms with E-state index in [1.54, 1.807) is 11.3 Å². The van der Waals surface area contributed by atoms with E-state index in [0.29, 0.717) is 6.04 Å². The van der Waals surface area contributed by atoms with E-state index in [2.05, 4.69) is 40.1 Å². The molecule has 1 heterocycles. The molecule has 0 aliphatic rings. The van der Waals surface area contributed by atoms with Crippen molar-refractivity contribution in [2.75, 3.05) is 6.54 Å². The maximum atomic E-state index is 6.05. The second-order valence-electron chi connectivity index (χ2n) is 4.37. The topological polar surface area (TPSA) is 24.9 Å². The van der Waals surface area contributed by atoms with Crippen molar-refractivity contribution in [1.82, 2.24) is 10.3 Å². The SMILES string of the molecule is CCCNC(C)c1cnc(-c2cc(Cl)ccc2Br)s1. The lowest BCUT2D eigenvalue weighted by Crippen LogP contribution is -2.18. The van der Waals surface area contributed by atoms with Crippen LogP contribution in [0.3, 0.4) is 0 Å². The van der Waals surface area contributed by atoms with Crippen molar-refractivity contribution < 1.29 is 0 Å². The van der Waals surface area contributed by atoms with Crippen LogP contribution in [-0.2, 0) is 0 Å². The lowest BCUT2D eigenvalue weighted by Gasteiger charge is -2.09. The van der Waals surface area contributed by atoms with Crippen molar-refractivity contribution >= 4 is 38.9 Å². The number of nitrogens with zero attached hydrogens (tertiary/aromatic N) is 1. The van der Waals surface area contributed by atoms with E-state index < -0.39 is 0 Å². The number of benzene rings is 1. The van der Waals surface area contributed by atoms with Gasteiger partial charge in [0.2, 0.25) is 0 Å². The highest BCUT2D eigenvalue weighted by Crippen LogP contribution is 2.34. The van der Waals surface area contributed by atoms with Crippen LogP contribution in [0.5, 0.6) is 0 Å². The molecule has 1 aromatic heterocycles. The van der Waals surface area contributed by atoms with Crippen LogP contribution in [0.2, 0.25) is 5.02 Å². The molecule has 1 unspecified atom stereocenters. The third-order valence-corrected chi connectivity index (χ3v) is 4.95. The minimum atomic E-state index is 0.337. The van der Waals surface area contributed by atoms with Gasteiger partial charge in [0.25, 0.3) is 0 Å². The molecule has 1 N–H and O–H groups in total. The summed E-state index contributed by atoms with van der Waals surface area (Å²) in [7, 11) is 0. The summed E-state index contributed by atoms with van der Waals surface area (Å²) in [5, 5.41) is 5.20. The average Bonchev–Trinajstić information content (AvgIpc) is 2.88. The fraction of sp³-hybridized carbons (Fsp3) is 0.357. The van der Waals surface area contributed by atoms with Gasteiger partial charge < -0.3 is 5.32 Å². The number of nitrogens with one attached hydrogen (secondary N) is 1. The predicted molar refractivity (Wildman–Crippen MR) is 87.0 cm³/mol. The number of halogens is 2. The molecule has 0 saturated heterocycles. The first-order valence-electron chi connectivity index (χ1n) is 6.26. The molecule has 1 aromatic carbocycles. The third kappa shape index (κ3) is 3.78. The normalized spacial score (nSPS) is 12.6. The highest BCUT2D eigenvalue weighted by Gasteiger charge is 2.12. The largest absolute Gasteiger partial charge is 0.309 e. The first-order valence-corrected chi connectivity index (χ1v) is 8.25. The second-order valence-corrected chi connectivity index (χ2v) is 6.72. The molecule has 1 atom stereocenters. The monoisotopic (exact) mass is 358 g/mol. The van der Waals surface area contributed by atoms with E-state index in [0.717, 1.165) is 33.0 Å². The van der Waals surface area contributed by atoms with Crippen LogP contribution in [0.1, 0.15) is 31.2 Å². The first kappa shape index (κ1) is 15.0. The zero-order valence-corrected chi connectivity index (χ0v) is 14.1. The van der Waals surface area contributed by atoms with Gasteiger partial charge >= 0.3 is 0 Å². The van der Waals surface area contributed by atoms with Gasteiger partial charge in [0, 0.05) is 32.2 Å². The fourth-order valence-corrected chi connectivity index (χ4v) is 3.44. The molecule has 102 valence electrons. The molecule has 2 rings (SSSR count). The maximum absolute atomic E-state index is 6.05. The molecule has 2 aromatic rings. The smallest absolute Gasteiger partial charge is 0.124 e. The van der Waals surface area contributed by atoms with Crippen LogP contribution in [0.15, 0.2) is 28.9 Å². The standard InChI is InChI=1S/C14H16BrClN2S/c1-3-6-17-9(2)13-8-18-14(19-13)11-7-10(16)4-5-12(11)15/h4-5,7-9,17H,3,6H2,1-2H3. The van der Waals surface area contributed by atoms with Gasteiger partial charge in [-0.1, -0.05) is 34.5 Å². The first-order chi connectivity index (χ1) is 9.11. The predicted octanol–water partition coefficient (Wildman–Crippen LogP) is 5.29. The minimum Gasteiger partial charge on any atom is -0.309 e. The van der Waals surface area contributed by atoms with Gasteiger partial charge in [-0.2, -0.15) is 0 Å². The average molecular weight is 360 g/mol. The highest BCUT2D eigenvalue weighted by atomic mass is 79.9. The Kier molecular flexibility index (Phi) is 5.39. The van der Waals surface area contributed by atoms with Crippen LogP contribution in [0.25, 0.3) is 10.6 Å². The summed E-state index contributed by atoms with van der Waals surface area (Å²) in [4.78, 5) is 5.75. The summed E-state index contributed by atoms with van der Waals surface area (Å²) in [6.45, 7) is 5.36. The number of hydrogen-bond donors (Lipinski definition) is 1. The lowest BCUT2D eigenvalue weighted by atomic mass is 10.2. The second kappa shape index (κ2) is 6.84. The molecule has 0 aliphatic heterocycles. The van der Waals surface area contributed by atoms with Crippen LogP contribution in [0.4, 0.5) is 0 Å². The number of thiazole rings is 1. The molecular formula is C14H16BrClN2S. The van der Waals surface area contributed by atoms with Crippen molar-refractivity contribution in [2.24, 2.45) is 0 Å². The van der Waals surface area contributed by atoms with Gasteiger partial charge in [0.1, 0.15) is 5.01 Å². The van der Waals surface area contributed by atoms with Crippen molar-refractivity contribution in [1.29, 1.82) is 0 Å². The molecule has 0 fully saturated rings. The van der Waals surface area contributed by atoms with E-state index in [1.165, 1.54) is 4.88 Å². The van der Waals surface area contributed by atoms with Crippen LogP contribution in [0, 0.1) is 0 Å². The molecule has 0 bridgehead atoms. The molecule has 0 aliphatic carbocycles. The molecular weight excluding hydrogens is 344 g/mol. The summed E-state index contributed by atoms with van der Waals surface area (Å²) in [5.41, 5.74) is 1.05. The molecule has 0 amide bonds. The zero-order valence-electron chi connectivity index (χ0n) is 10.9. The quantitative estimate of drug-likeness (QED) is 0.785. The van der Waals surface area contributed by atoms with Gasteiger partial charge in [-0.15, -0.1) is 11.3 Å². The van der Waals surface area contributed by atoms with Gasteiger partial charge in [0.15, 0.2) is 0 Å². The number of hydrogen-bond acceptors (Lipinski definition) is 3. The van der Waals surface area contributed by atoms with Crippen LogP contribution < -0.4 is 5.32 Å². The minimum absolute atomic E-state index is 0.337. The van der Waals surface area contributed by atoms with Gasteiger partial charge in [-0.3, -0.25) is 0 Å². The zero-order chi connectivity index (χ0) is 13.8. The summed E-state index contributed by atoms with van der Waals surface area (Å²) >= 11 is 11.3.